The number of rotatable bonds is 21. The van der Waals surface area contributed by atoms with E-state index in [4.69, 9.17) is 18.9 Å². The van der Waals surface area contributed by atoms with Gasteiger partial charge < -0.3 is 24.2 Å². The molecule has 0 aromatic heterocycles. The summed E-state index contributed by atoms with van der Waals surface area (Å²) in [6.45, 7) is 33.6. The summed E-state index contributed by atoms with van der Waals surface area (Å²) >= 11 is 0. The van der Waals surface area contributed by atoms with Crippen molar-refractivity contribution in [2.24, 2.45) is 21.7 Å². The van der Waals surface area contributed by atoms with Gasteiger partial charge in [-0.25, -0.2) is 0 Å². The molecule has 0 heterocycles. The van der Waals surface area contributed by atoms with Crippen molar-refractivity contribution in [1.82, 2.24) is 5.06 Å². The van der Waals surface area contributed by atoms with Gasteiger partial charge in [-0.2, -0.15) is 5.06 Å². The van der Waals surface area contributed by atoms with Crippen molar-refractivity contribution in [2.45, 2.75) is 173 Å². The largest absolute Gasteiger partial charge is 0.375 e. The summed E-state index contributed by atoms with van der Waals surface area (Å²) in [6.07, 6.45) is -1.66. The van der Waals surface area contributed by atoms with Crippen molar-refractivity contribution in [3.63, 3.8) is 0 Å². The average Bonchev–Trinajstić information content (AvgIpc) is 2.88. The molecule has 0 saturated carbocycles. The van der Waals surface area contributed by atoms with Crippen LogP contribution in [0.25, 0.3) is 0 Å². The molecular formula is C37H69NO9. The molecule has 10 heteroatoms. The first-order valence-corrected chi connectivity index (χ1v) is 16.8. The van der Waals surface area contributed by atoms with Gasteiger partial charge >= 0.3 is 0 Å². The van der Waals surface area contributed by atoms with E-state index in [0.29, 0.717) is 6.61 Å². The van der Waals surface area contributed by atoms with Gasteiger partial charge in [0.25, 0.3) is 0 Å². The average molecular weight is 672 g/mol. The minimum absolute atomic E-state index is 0.0905. The predicted octanol–water partition coefficient (Wildman–Crippen LogP) is 7.01. The summed E-state index contributed by atoms with van der Waals surface area (Å²) in [5.74, 6) is -0.936. The van der Waals surface area contributed by atoms with Crippen molar-refractivity contribution in [1.29, 1.82) is 0 Å². The molecule has 2 unspecified atom stereocenters. The van der Waals surface area contributed by atoms with E-state index in [1.807, 2.05) is 34.6 Å². The summed E-state index contributed by atoms with van der Waals surface area (Å²) in [5.41, 5.74) is -8.36. The van der Waals surface area contributed by atoms with Gasteiger partial charge in [0.1, 0.15) is 30.1 Å². The van der Waals surface area contributed by atoms with Gasteiger partial charge in [-0.05, 0) is 82.6 Å². The minimum atomic E-state index is -1.37. The standard InChI is InChI=1S/C37H69NO9/c1-21-44-36(16,17)32(8,9)26(39)24(2)46-34(12,13)28(41)30(4,5)22-31(6,7)29(42)35(14,15)47-25(3)27(40)33(10,11)37(18,19)45-23-38(20)43/h24-25,43H,21-23H2,1-20H3. The van der Waals surface area contributed by atoms with Crippen LogP contribution >= 0.6 is 0 Å². The zero-order valence-electron chi connectivity index (χ0n) is 33.4. The van der Waals surface area contributed by atoms with Crippen molar-refractivity contribution in [3.8, 4) is 0 Å². The van der Waals surface area contributed by atoms with Gasteiger partial charge in [0, 0.05) is 24.5 Å². The molecule has 2 atom stereocenters. The lowest BCUT2D eigenvalue weighted by Gasteiger charge is -2.44. The maximum Gasteiger partial charge on any atom is 0.169 e. The Morgan fingerprint density at radius 3 is 1.17 bits per heavy atom. The van der Waals surface area contributed by atoms with E-state index in [0.717, 1.165) is 5.06 Å². The minimum Gasteiger partial charge on any atom is -0.375 e. The summed E-state index contributed by atoms with van der Waals surface area (Å²) in [7, 11) is 1.45. The number of nitrogens with zero attached hydrogens (tertiary/aromatic N) is 1. The van der Waals surface area contributed by atoms with Crippen LogP contribution in [0.15, 0.2) is 0 Å². The molecule has 0 aliphatic carbocycles. The molecule has 0 rings (SSSR count). The smallest absolute Gasteiger partial charge is 0.169 e. The lowest BCUT2D eigenvalue weighted by atomic mass is 9.66. The van der Waals surface area contributed by atoms with Gasteiger partial charge in [-0.15, -0.1) is 0 Å². The third-order valence-corrected chi connectivity index (χ3v) is 10.2. The molecule has 276 valence electrons. The van der Waals surface area contributed by atoms with Gasteiger partial charge in [-0.3, -0.25) is 19.2 Å². The highest BCUT2D eigenvalue weighted by Gasteiger charge is 2.52. The van der Waals surface area contributed by atoms with Crippen LogP contribution in [-0.4, -0.2) is 88.4 Å². The summed E-state index contributed by atoms with van der Waals surface area (Å²) in [5, 5.41) is 10.4. The maximum absolute atomic E-state index is 14.0. The maximum atomic E-state index is 14.0. The van der Waals surface area contributed by atoms with E-state index in [2.05, 4.69) is 0 Å². The second-order valence-corrected chi connectivity index (χ2v) is 17.5. The monoisotopic (exact) mass is 671 g/mol. The fourth-order valence-electron chi connectivity index (χ4n) is 6.58. The first-order chi connectivity index (χ1) is 20.6. The Morgan fingerprint density at radius 1 is 0.596 bits per heavy atom. The number of carbonyl (C=O) groups is 4. The summed E-state index contributed by atoms with van der Waals surface area (Å²) in [4.78, 5) is 55.3. The summed E-state index contributed by atoms with van der Waals surface area (Å²) in [6, 6.07) is 0. The van der Waals surface area contributed by atoms with Crippen LogP contribution < -0.4 is 0 Å². The molecule has 0 aromatic rings. The normalized spacial score (nSPS) is 15.9. The molecule has 1 N–H and O–H groups in total. The first kappa shape index (κ1) is 45.4. The lowest BCUT2D eigenvalue weighted by molar-refractivity contribution is -0.208. The second-order valence-electron chi connectivity index (χ2n) is 17.5. The van der Waals surface area contributed by atoms with Crippen molar-refractivity contribution in [3.05, 3.63) is 0 Å². The van der Waals surface area contributed by atoms with E-state index in [1.165, 1.54) is 7.05 Å². The predicted molar refractivity (Wildman–Crippen MR) is 184 cm³/mol. The number of ether oxygens (including phenoxy) is 4. The second kappa shape index (κ2) is 15.1. The van der Waals surface area contributed by atoms with Crippen molar-refractivity contribution in [2.75, 3.05) is 20.4 Å². The zero-order valence-corrected chi connectivity index (χ0v) is 33.4. The molecule has 0 bridgehead atoms. The molecule has 0 spiro atoms. The number of Topliss-reactive ketones (excluding diaryl/α,β-unsaturated/α-hetero) is 4. The quantitative estimate of drug-likeness (QED) is 0.100. The third kappa shape index (κ3) is 10.7. The summed E-state index contributed by atoms with van der Waals surface area (Å²) < 4.78 is 24.0. The van der Waals surface area contributed by atoms with Crippen molar-refractivity contribution >= 4 is 23.1 Å². The van der Waals surface area contributed by atoms with Crippen LogP contribution in [0.2, 0.25) is 0 Å². The molecule has 0 fully saturated rings. The Labute approximate surface area is 285 Å². The fourth-order valence-corrected chi connectivity index (χ4v) is 6.58. The molecule has 0 aliphatic heterocycles. The highest BCUT2D eigenvalue weighted by atomic mass is 16.6. The number of hydroxylamine groups is 2. The topological polar surface area (TPSA) is 129 Å². The number of ketones is 4. The van der Waals surface area contributed by atoms with E-state index in [9.17, 15) is 24.4 Å². The molecule has 47 heavy (non-hydrogen) atoms. The van der Waals surface area contributed by atoms with Crippen LogP contribution in [0.4, 0.5) is 0 Å². The van der Waals surface area contributed by atoms with E-state index >= 15 is 0 Å². The molecule has 10 nitrogen and oxygen atoms in total. The zero-order chi connectivity index (χ0) is 38.0. The van der Waals surface area contributed by atoms with Crippen LogP contribution in [0.3, 0.4) is 0 Å². The Hall–Kier alpha value is -1.56. The SMILES string of the molecule is CCOC(C)(C)C(C)(C)C(=O)C(C)OC(C)(C)C(=O)C(C)(C)CC(C)(C)C(=O)C(C)(C)OC(C)C(=O)C(C)(C)C(C)(C)OCN(C)O. The molecule has 0 aliphatic rings. The van der Waals surface area contributed by atoms with Crippen LogP contribution in [0.5, 0.6) is 0 Å². The Bertz CT molecular complexity index is 1130. The van der Waals surface area contributed by atoms with Gasteiger partial charge in [0.15, 0.2) is 23.1 Å². The third-order valence-electron chi connectivity index (χ3n) is 10.2. The molecule has 0 amide bonds. The molecular weight excluding hydrogens is 602 g/mol. The van der Waals surface area contributed by atoms with Gasteiger partial charge in [-0.1, -0.05) is 55.4 Å². The van der Waals surface area contributed by atoms with E-state index in [-0.39, 0.29) is 36.3 Å². The highest BCUT2D eigenvalue weighted by Crippen LogP contribution is 2.43. The van der Waals surface area contributed by atoms with Gasteiger partial charge in [0.05, 0.1) is 22.0 Å². The van der Waals surface area contributed by atoms with Crippen LogP contribution in [-0.2, 0) is 38.1 Å². The van der Waals surface area contributed by atoms with Crippen LogP contribution in [0.1, 0.15) is 138 Å². The number of hydrogen-bond acceptors (Lipinski definition) is 10. The van der Waals surface area contributed by atoms with Crippen molar-refractivity contribution < 1.29 is 43.3 Å². The lowest BCUT2D eigenvalue weighted by Crippen LogP contribution is -2.55. The van der Waals surface area contributed by atoms with Gasteiger partial charge in [0.2, 0.25) is 0 Å². The fraction of sp³-hybridized carbons (Fsp3) is 0.892. The Balaban J connectivity index is 5.95. The number of carbonyl (C=O) groups excluding carboxylic acids is 4. The van der Waals surface area contributed by atoms with E-state index in [1.54, 1.807) is 96.9 Å². The van der Waals surface area contributed by atoms with E-state index < -0.39 is 56.3 Å². The molecule has 0 saturated heterocycles. The van der Waals surface area contributed by atoms with Crippen LogP contribution in [0, 0.1) is 21.7 Å². The molecule has 0 aromatic carbocycles. The highest BCUT2D eigenvalue weighted by molar-refractivity contribution is 5.96. The number of hydrogen-bond donors (Lipinski definition) is 1. The Morgan fingerprint density at radius 2 is 0.894 bits per heavy atom. The molecule has 0 radical (unpaired) electrons. The Kier molecular flexibility index (Phi) is 14.6. The first-order valence-electron chi connectivity index (χ1n) is 16.8.